The maximum absolute atomic E-state index is 12.8. The summed E-state index contributed by atoms with van der Waals surface area (Å²) in [5, 5.41) is 4.85. The van der Waals surface area contributed by atoms with Gasteiger partial charge in [-0.15, -0.1) is 11.3 Å². The van der Waals surface area contributed by atoms with Crippen LogP contribution in [0.1, 0.15) is 16.1 Å². The van der Waals surface area contributed by atoms with Crippen molar-refractivity contribution in [2.45, 2.75) is 6.54 Å². The lowest BCUT2D eigenvalue weighted by Gasteiger charge is -2.06. The molecule has 2 heterocycles. The van der Waals surface area contributed by atoms with E-state index in [-0.39, 0.29) is 11.7 Å². The lowest BCUT2D eigenvalue weighted by atomic mass is 10.2. The lowest BCUT2D eigenvalue weighted by Crippen LogP contribution is -2.24. The maximum atomic E-state index is 12.8. The smallest absolute Gasteiger partial charge is 0.268 e. The minimum absolute atomic E-state index is 0.125. The minimum Gasteiger partial charge on any atom is -0.347 e. The van der Waals surface area contributed by atoms with Gasteiger partial charge in [0.1, 0.15) is 11.5 Å². The summed E-state index contributed by atoms with van der Waals surface area (Å²) in [6.45, 7) is 0.387. The van der Waals surface area contributed by atoms with Crippen LogP contribution in [0.2, 0.25) is 0 Å². The molecule has 0 aliphatic rings. The van der Waals surface area contributed by atoms with Gasteiger partial charge in [-0.3, -0.25) is 4.79 Å². The number of thiophene rings is 1. The summed E-state index contributed by atoms with van der Waals surface area (Å²) in [4.78, 5) is 12.2. The van der Waals surface area contributed by atoms with Gasteiger partial charge >= 0.3 is 0 Å². The van der Waals surface area contributed by atoms with Crippen LogP contribution in [0.15, 0.2) is 41.8 Å². The Bertz CT molecular complexity index is 758. The molecule has 20 heavy (non-hydrogen) atoms. The maximum Gasteiger partial charge on any atom is 0.268 e. The zero-order valence-corrected chi connectivity index (χ0v) is 11.7. The Labute approximate surface area is 119 Å². The number of benzene rings is 1. The van der Waals surface area contributed by atoms with Crippen molar-refractivity contribution < 1.29 is 9.18 Å². The monoisotopic (exact) mass is 288 g/mol. The first kappa shape index (κ1) is 12.9. The van der Waals surface area contributed by atoms with Crippen molar-refractivity contribution in [2.24, 2.45) is 7.05 Å². The Morgan fingerprint density at radius 3 is 2.75 bits per heavy atom. The van der Waals surface area contributed by atoms with Crippen molar-refractivity contribution in [3.05, 3.63) is 58.9 Å². The molecule has 0 saturated carbocycles. The predicted molar refractivity (Wildman–Crippen MR) is 78.4 cm³/mol. The molecule has 102 valence electrons. The van der Waals surface area contributed by atoms with Crippen LogP contribution in [0.4, 0.5) is 4.39 Å². The molecule has 0 bridgehead atoms. The average molecular weight is 288 g/mol. The zero-order chi connectivity index (χ0) is 14.1. The molecule has 0 saturated heterocycles. The quantitative estimate of drug-likeness (QED) is 0.788. The standard InChI is InChI=1S/C15H13FN2OS/c1-18-12-6-7-20-14(12)8-13(18)15(19)17-9-10-2-4-11(16)5-3-10/h2-8H,9H2,1H3,(H,17,19). The molecule has 0 aliphatic carbocycles. The van der Waals surface area contributed by atoms with E-state index in [0.29, 0.717) is 12.2 Å². The number of aryl methyl sites for hydroxylation is 1. The van der Waals surface area contributed by atoms with Crippen LogP contribution in [-0.2, 0) is 13.6 Å². The molecule has 0 radical (unpaired) electrons. The lowest BCUT2D eigenvalue weighted by molar-refractivity contribution is 0.0943. The Hall–Kier alpha value is -2.14. The van der Waals surface area contributed by atoms with Crippen LogP contribution in [0.5, 0.6) is 0 Å². The van der Waals surface area contributed by atoms with Gasteiger partial charge in [0.2, 0.25) is 0 Å². The van der Waals surface area contributed by atoms with Gasteiger partial charge in [-0.2, -0.15) is 0 Å². The number of fused-ring (bicyclic) bond motifs is 1. The third kappa shape index (κ3) is 2.32. The molecule has 0 atom stereocenters. The fraction of sp³-hybridized carbons (Fsp3) is 0.133. The average Bonchev–Trinajstić information content (AvgIpc) is 3.01. The van der Waals surface area contributed by atoms with Gasteiger partial charge in [-0.1, -0.05) is 12.1 Å². The second-order valence-corrected chi connectivity index (χ2v) is 5.52. The molecular formula is C15H13FN2OS. The summed E-state index contributed by atoms with van der Waals surface area (Å²) < 4.78 is 15.8. The summed E-state index contributed by atoms with van der Waals surface area (Å²) in [6.07, 6.45) is 0. The van der Waals surface area contributed by atoms with Gasteiger partial charge < -0.3 is 9.88 Å². The molecule has 5 heteroatoms. The highest BCUT2D eigenvalue weighted by atomic mass is 32.1. The fourth-order valence-corrected chi connectivity index (χ4v) is 2.99. The number of nitrogens with one attached hydrogen (secondary N) is 1. The van der Waals surface area contributed by atoms with Crippen LogP contribution in [0, 0.1) is 5.82 Å². The van der Waals surface area contributed by atoms with Gasteiger partial charge in [0.05, 0.1) is 10.2 Å². The van der Waals surface area contributed by atoms with Gasteiger partial charge in [0, 0.05) is 13.6 Å². The molecule has 3 rings (SSSR count). The van der Waals surface area contributed by atoms with Crippen molar-refractivity contribution in [1.29, 1.82) is 0 Å². The number of carbonyl (C=O) groups excluding carboxylic acids is 1. The number of nitrogens with zero attached hydrogens (tertiary/aromatic N) is 1. The van der Waals surface area contributed by atoms with E-state index in [1.165, 1.54) is 12.1 Å². The summed E-state index contributed by atoms with van der Waals surface area (Å²) in [5.74, 6) is -0.400. The number of hydrogen-bond donors (Lipinski definition) is 1. The number of halogens is 1. The molecule has 0 spiro atoms. The molecule has 3 nitrogen and oxygen atoms in total. The second kappa shape index (κ2) is 5.09. The van der Waals surface area contributed by atoms with E-state index in [1.54, 1.807) is 23.5 Å². The van der Waals surface area contributed by atoms with Crippen molar-refractivity contribution >= 4 is 27.5 Å². The van der Waals surface area contributed by atoms with Crippen LogP contribution in [0.25, 0.3) is 10.2 Å². The summed E-state index contributed by atoms with van der Waals surface area (Å²) in [7, 11) is 1.88. The predicted octanol–water partition coefficient (Wildman–Crippen LogP) is 3.31. The van der Waals surface area contributed by atoms with E-state index in [2.05, 4.69) is 5.32 Å². The van der Waals surface area contributed by atoms with Gasteiger partial charge in [-0.05, 0) is 35.2 Å². The highest BCUT2D eigenvalue weighted by Gasteiger charge is 2.13. The molecule has 3 aromatic rings. The first-order chi connectivity index (χ1) is 9.65. The Kier molecular flexibility index (Phi) is 3.28. The Morgan fingerprint density at radius 2 is 2.05 bits per heavy atom. The van der Waals surface area contributed by atoms with Crippen LogP contribution < -0.4 is 5.32 Å². The third-order valence-electron chi connectivity index (χ3n) is 3.26. The first-order valence-corrected chi connectivity index (χ1v) is 7.08. The molecule has 0 unspecified atom stereocenters. The van der Waals surface area contributed by atoms with Gasteiger partial charge in [-0.25, -0.2) is 4.39 Å². The highest BCUT2D eigenvalue weighted by Crippen LogP contribution is 2.24. The Morgan fingerprint density at radius 1 is 1.30 bits per heavy atom. The van der Waals surface area contributed by atoms with Crippen molar-refractivity contribution in [1.82, 2.24) is 9.88 Å². The summed E-state index contributed by atoms with van der Waals surface area (Å²) in [5.41, 5.74) is 2.56. The molecule has 0 aliphatic heterocycles. The van der Waals surface area contributed by atoms with E-state index >= 15 is 0 Å². The van der Waals surface area contributed by atoms with E-state index in [4.69, 9.17) is 0 Å². The van der Waals surface area contributed by atoms with E-state index in [9.17, 15) is 9.18 Å². The number of carbonyl (C=O) groups is 1. The highest BCUT2D eigenvalue weighted by molar-refractivity contribution is 7.17. The summed E-state index contributed by atoms with van der Waals surface area (Å²) in [6, 6.07) is 10.00. The molecule has 2 aromatic heterocycles. The largest absolute Gasteiger partial charge is 0.347 e. The summed E-state index contributed by atoms with van der Waals surface area (Å²) >= 11 is 1.61. The van der Waals surface area contributed by atoms with Crippen LogP contribution >= 0.6 is 11.3 Å². The van der Waals surface area contributed by atoms with Crippen LogP contribution in [-0.4, -0.2) is 10.5 Å². The van der Waals surface area contributed by atoms with Crippen molar-refractivity contribution in [3.63, 3.8) is 0 Å². The fourth-order valence-electron chi connectivity index (χ4n) is 2.14. The van der Waals surface area contributed by atoms with Gasteiger partial charge in [0.25, 0.3) is 5.91 Å². The minimum atomic E-state index is -0.275. The SMILES string of the molecule is Cn1c(C(=O)NCc2ccc(F)cc2)cc2sccc21. The van der Waals surface area contributed by atoms with E-state index in [1.807, 2.05) is 29.1 Å². The van der Waals surface area contributed by atoms with Crippen LogP contribution in [0.3, 0.4) is 0 Å². The molecule has 1 N–H and O–H groups in total. The Balaban J connectivity index is 1.74. The molecular weight excluding hydrogens is 275 g/mol. The number of rotatable bonds is 3. The van der Waals surface area contributed by atoms with E-state index in [0.717, 1.165) is 15.8 Å². The molecule has 0 fully saturated rings. The van der Waals surface area contributed by atoms with Gasteiger partial charge in [0.15, 0.2) is 0 Å². The molecule has 1 amide bonds. The van der Waals surface area contributed by atoms with Crippen molar-refractivity contribution in [3.8, 4) is 0 Å². The number of amides is 1. The topological polar surface area (TPSA) is 34.0 Å². The van der Waals surface area contributed by atoms with E-state index < -0.39 is 0 Å². The second-order valence-electron chi connectivity index (χ2n) is 4.57. The first-order valence-electron chi connectivity index (χ1n) is 6.21. The zero-order valence-electron chi connectivity index (χ0n) is 10.9. The van der Waals surface area contributed by atoms with Crippen molar-refractivity contribution in [2.75, 3.05) is 0 Å². The third-order valence-corrected chi connectivity index (χ3v) is 4.12. The normalized spacial score (nSPS) is 10.9. The molecule has 1 aromatic carbocycles. The number of hydrogen-bond acceptors (Lipinski definition) is 2. The number of aromatic nitrogens is 1.